The standard InChI is InChI=1S/C11H24N6O2/c1-7-4-5-11(10(2,3)6-7,16(14)8(12)18)17(15)9(13)19/h7H,4-6,14-15H2,1-3H3,(H2,12,18)(H2,13,19). The Labute approximate surface area is 113 Å². The molecule has 0 aliphatic heterocycles. The Balaban J connectivity index is 3.34. The van der Waals surface area contributed by atoms with Gasteiger partial charge in [0.25, 0.3) is 0 Å². The second kappa shape index (κ2) is 4.86. The molecule has 8 nitrogen and oxygen atoms in total. The number of hydrazine groups is 2. The van der Waals surface area contributed by atoms with Crippen molar-refractivity contribution in [1.82, 2.24) is 10.0 Å². The van der Waals surface area contributed by atoms with Crippen LogP contribution in [0.1, 0.15) is 40.0 Å². The molecule has 1 saturated carbocycles. The van der Waals surface area contributed by atoms with Crippen LogP contribution in [-0.4, -0.2) is 27.7 Å². The summed E-state index contributed by atoms with van der Waals surface area (Å²) >= 11 is 0. The van der Waals surface area contributed by atoms with Crippen LogP contribution in [0.25, 0.3) is 0 Å². The number of nitrogens with zero attached hydrogens (tertiary/aromatic N) is 2. The molecule has 1 aliphatic carbocycles. The lowest BCUT2D eigenvalue weighted by molar-refractivity contribution is -0.127. The maximum absolute atomic E-state index is 11.5. The van der Waals surface area contributed by atoms with Crippen LogP contribution in [0.4, 0.5) is 9.59 Å². The van der Waals surface area contributed by atoms with Gasteiger partial charge >= 0.3 is 12.1 Å². The number of amides is 4. The number of rotatable bonds is 2. The molecule has 19 heavy (non-hydrogen) atoms. The molecule has 1 unspecified atom stereocenters. The van der Waals surface area contributed by atoms with Crippen molar-refractivity contribution in [2.45, 2.75) is 45.7 Å². The zero-order valence-electron chi connectivity index (χ0n) is 11.7. The molecular weight excluding hydrogens is 248 g/mol. The van der Waals surface area contributed by atoms with E-state index < -0.39 is 23.1 Å². The van der Waals surface area contributed by atoms with E-state index in [1.807, 2.05) is 13.8 Å². The summed E-state index contributed by atoms with van der Waals surface area (Å²) in [5.41, 5.74) is 8.81. The molecule has 0 saturated heterocycles. The zero-order valence-corrected chi connectivity index (χ0v) is 11.7. The van der Waals surface area contributed by atoms with Crippen LogP contribution in [0.5, 0.6) is 0 Å². The van der Waals surface area contributed by atoms with E-state index in [0.29, 0.717) is 12.3 Å². The molecule has 0 aromatic heterocycles. The molecule has 4 amide bonds. The third-order valence-electron chi connectivity index (χ3n) is 4.20. The van der Waals surface area contributed by atoms with E-state index in [-0.39, 0.29) is 0 Å². The third-order valence-corrected chi connectivity index (χ3v) is 4.20. The number of hydrogen-bond acceptors (Lipinski definition) is 4. The second-order valence-electron chi connectivity index (χ2n) is 5.96. The molecular formula is C11H24N6O2. The second-order valence-corrected chi connectivity index (χ2v) is 5.96. The highest BCUT2D eigenvalue weighted by atomic mass is 16.2. The lowest BCUT2D eigenvalue weighted by atomic mass is 9.64. The van der Waals surface area contributed by atoms with Crippen LogP contribution in [0.3, 0.4) is 0 Å². The number of nitrogens with two attached hydrogens (primary N) is 4. The van der Waals surface area contributed by atoms with Crippen molar-refractivity contribution in [3.8, 4) is 0 Å². The van der Waals surface area contributed by atoms with Gasteiger partial charge in [-0.2, -0.15) is 0 Å². The smallest absolute Gasteiger partial charge is 0.331 e. The largest absolute Gasteiger partial charge is 0.350 e. The molecule has 0 aromatic carbocycles. The molecule has 0 bridgehead atoms. The summed E-state index contributed by atoms with van der Waals surface area (Å²) in [6, 6.07) is -1.70. The van der Waals surface area contributed by atoms with Gasteiger partial charge in [-0.3, -0.25) is 0 Å². The highest BCUT2D eigenvalue weighted by Crippen LogP contribution is 2.49. The van der Waals surface area contributed by atoms with Crippen LogP contribution in [-0.2, 0) is 0 Å². The fourth-order valence-electron chi connectivity index (χ4n) is 3.30. The Bertz CT molecular complexity index is 363. The number of carbonyl (C=O) groups is 2. The van der Waals surface area contributed by atoms with Gasteiger partial charge in [-0.1, -0.05) is 20.8 Å². The van der Waals surface area contributed by atoms with Gasteiger partial charge in [-0.05, 0) is 25.2 Å². The molecule has 1 fully saturated rings. The van der Waals surface area contributed by atoms with E-state index in [4.69, 9.17) is 23.2 Å². The fourth-order valence-corrected chi connectivity index (χ4v) is 3.30. The molecule has 0 aromatic rings. The van der Waals surface area contributed by atoms with Gasteiger partial charge < -0.3 is 11.5 Å². The van der Waals surface area contributed by atoms with Crippen molar-refractivity contribution < 1.29 is 9.59 Å². The van der Waals surface area contributed by atoms with Crippen LogP contribution in [0, 0.1) is 11.3 Å². The number of primary amides is 2. The van der Waals surface area contributed by atoms with Gasteiger partial charge in [0, 0.05) is 5.41 Å². The minimum atomic E-state index is -1.21. The summed E-state index contributed by atoms with van der Waals surface area (Å²) < 4.78 is 0. The normalized spacial score (nSPS) is 24.6. The minimum absolute atomic E-state index is 0.431. The van der Waals surface area contributed by atoms with Crippen LogP contribution >= 0.6 is 0 Å². The Kier molecular flexibility index (Phi) is 3.97. The lowest BCUT2D eigenvalue weighted by Crippen LogP contribution is -2.77. The molecule has 0 heterocycles. The molecule has 0 radical (unpaired) electrons. The van der Waals surface area contributed by atoms with Gasteiger partial charge in [0.2, 0.25) is 0 Å². The number of urea groups is 2. The van der Waals surface area contributed by atoms with E-state index in [9.17, 15) is 9.59 Å². The molecule has 8 heteroatoms. The quantitative estimate of drug-likeness (QED) is 0.243. The minimum Gasteiger partial charge on any atom is -0.350 e. The summed E-state index contributed by atoms with van der Waals surface area (Å²) in [6.45, 7) is 5.89. The van der Waals surface area contributed by atoms with Crippen LogP contribution in [0.15, 0.2) is 0 Å². The first-order chi connectivity index (χ1) is 8.56. The highest BCUT2D eigenvalue weighted by Gasteiger charge is 2.57. The average Bonchev–Trinajstić information content (AvgIpc) is 2.26. The molecule has 1 atom stereocenters. The molecule has 1 aliphatic rings. The van der Waals surface area contributed by atoms with Crippen molar-refractivity contribution >= 4 is 12.1 Å². The summed E-state index contributed by atoms with van der Waals surface area (Å²) in [5.74, 6) is 12.1. The Morgan fingerprint density at radius 3 is 1.84 bits per heavy atom. The van der Waals surface area contributed by atoms with Crippen molar-refractivity contribution in [1.29, 1.82) is 0 Å². The van der Waals surface area contributed by atoms with E-state index >= 15 is 0 Å². The summed E-state index contributed by atoms with van der Waals surface area (Å²) in [4.78, 5) is 23.0. The monoisotopic (exact) mass is 272 g/mol. The van der Waals surface area contributed by atoms with E-state index in [1.54, 1.807) is 0 Å². The lowest BCUT2D eigenvalue weighted by Gasteiger charge is -2.57. The van der Waals surface area contributed by atoms with Gasteiger partial charge in [0.15, 0.2) is 5.66 Å². The molecule has 1 rings (SSSR count). The molecule has 8 N–H and O–H groups in total. The van der Waals surface area contributed by atoms with Crippen molar-refractivity contribution in [2.24, 2.45) is 34.5 Å². The summed E-state index contributed by atoms with van der Waals surface area (Å²) in [7, 11) is 0. The van der Waals surface area contributed by atoms with Gasteiger partial charge in [0.1, 0.15) is 0 Å². The zero-order chi connectivity index (χ0) is 15.0. The average molecular weight is 272 g/mol. The van der Waals surface area contributed by atoms with Crippen LogP contribution < -0.4 is 23.2 Å². The van der Waals surface area contributed by atoms with Crippen LogP contribution in [0.2, 0.25) is 0 Å². The van der Waals surface area contributed by atoms with E-state index in [2.05, 4.69) is 6.92 Å². The number of hydrogen-bond donors (Lipinski definition) is 4. The predicted octanol–water partition coefficient (Wildman–Crippen LogP) is 0.0377. The van der Waals surface area contributed by atoms with Crippen molar-refractivity contribution in [2.75, 3.05) is 0 Å². The molecule has 110 valence electrons. The Morgan fingerprint density at radius 2 is 1.53 bits per heavy atom. The SMILES string of the molecule is CC1CCC(N(N)C(N)=O)(N(N)C(N)=O)C(C)(C)C1. The number of carbonyl (C=O) groups excluding carboxylic acids is 2. The fraction of sp³-hybridized carbons (Fsp3) is 0.818. The Hall–Kier alpha value is -1.54. The summed E-state index contributed by atoms with van der Waals surface area (Å²) in [6.07, 6.45) is 1.94. The Morgan fingerprint density at radius 1 is 1.11 bits per heavy atom. The first-order valence-electron chi connectivity index (χ1n) is 6.25. The first-order valence-corrected chi connectivity index (χ1v) is 6.25. The first kappa shape index (κ1) is 15.5. The van der Waals surface area contributed by atoms with Crippen molar-refractivity contribution in [3.63, 3.8) is 0 Å². The molecule has 0 spiro atoms. The van der Waals surface area contributed by atoms with E-state index in [0.717, 1.165) is 22.9 Å². The van der Waals surface area contributed by atoms with Gasteiger partial charge in [0.05, 0.1) is 0 Å². The summed E-state index contributed by atoms with van der Waals surface area (Å²) in [5, 5.41) is 1.67. The van der Waals surface area contributed by atoms with Gasteiger partial charge in [-0.15, -0.1) is 0 Å². The predicted molar refractivity (Wildman–Crippen MR) is 70.7 cm³/mol. The van der Waals surface area contributed by atoms with E-state index in [1.165, 1.54) is 0 Å². The van der Waals surface area contributed by atoms with Crippen molar-refractivity contribution in [3.05, 3.63) is 0 Å². The highest BCUT2D eigenvalue weighted by molar-refractivity contribution is 5.76. The topological polar surface area (TPSA) is 145 Å². The maximum atomic E-state index is 11.5. The van der Waals surface area contributed by atoms with Gasteiger partial charge in [-0.25, -0.2) is 31.3 Å². The third kappa shape index (κ3) is 2.33. The maximum Gasteiger partial charge on any atom is 0.331 e.